The summed E-state index contributed by atoms with van der Waals surface area (Å²) < 4.78 is 0. The first-order valence-electron chi connectivity index (χ1n) is 11.5. The van der Waals surface area contributed by atoms with Crippen LogP contribution in [0, 0.1) is 11.3 Å². The van der Waals surface area contributed by atoms with Gasteiger partial charge >= 0.3 is 0 Å². The molecule has 2 aromatic carbocycles. The van der Waals surface area contributed by atoms with Crippen molar-refractivity contribution in [2.45, 2.75) is 25.3 Å². The van der Waals surface area contributed by atoms with Gasteiger partial charge in [-0.05, 0) is 67.2 Å². The highest BCUT2D eigenvalue weighted by atomic mass is 16.2. The van der Waals surface area contributed by atoms with E-state index < -0.39 is 0 Å². The van der Waals surface area contributed by atoms with Crippen LogP contribution in [0.25, 0.3) is 10.9 Å². The zero-order valence-corrected chi connectivity index (χ0v) is 18.3. The number of rotatable bonds is 4. The van der Waals surface area contributed by atoms with Crippen molar-refractivity contribution in [2.75, 3.05) is 39.3 Å². The predicted molar refractivity (Wildman–Crippen MR) is 125 cm³/mol. The Kier molecular flexibility index (Phi) is 5.93. The predicted octanol–water partition coefficient (Wildman–Crippen LogP) is 3.46. The van der Waals surface area contributed by atoms with E-state index in [-0.39, 0.29) is 5.91 Å². The second kappa shape index (κ2) is 9.15. The standard InChI is InChI=1S/C26H29N5O/c27-17-19-1-3-20(4-2-19)18-30-11-13-31(14-12-30)26(32)25-16-23-6-5-22(15-24(23)29-25)21-7-9-28-10-8-21/h1-6,15-16,21,28-29H,7-14,18H2. The van der Waals surface area contributed by atoms with E-state index in [0.717, 1.165) is 56.7 Å². The molecule has 164 valence electrons. The molecule has 6 heteroatoms. The van der Waals surface area contributed by atoms with Crippen molar-refractivity contribution in [2.24, 2.45) is 0 Å². The van der Waals surface area contributed by atoms with E-state index in [9.17, 15) is 4.79 Å². The lowest BCUT2D eigenvalue weighted by atomic mass is 9.90. The first-order chi connectivity index (χ1) is 15.7. The topological polar surface area (TPSA) is 75.2 Å². The fourth-order valence-electron chi connectivity index (χ4n) is 4.89. The molecule has 0 unspecified atom stereocenters. The maximum atomic E-state index is 13.1. The number of carbonyl (C=O) groups is 1. The molecule has 2 N–H and O–H groups in total. The molecule has 2 aliphatic heterocycles. The Morgan fingerprint density at radius 3 is 2.47 bits per heavy atom. The summed E-state index contributed by atoms with van der Waals surface area (Å²) in [5.41, 5.74) is 5.00. The molecule has 2 fully saturated rings. The van der Waals surface area contributed by atoms with Gasteiger partial charge in [-0.15, -0.1) is 0 Å². The van der Waals surface area contributed by atoms with Crippen LogP contribution in [0.1, 0.15) is 45.9 Å². The van der Waals surface area contributed by atoms with Gasteiger partial charge in [0.25, 0.3) is 5.91 Å². The summed E-state index contributed by atoms with van der Waals surface area (Å²) in [7, 11) is 0. The lowest BCUT2D eigenvalue weighted by molar-refractivity contribution is 0.0623. The number of H-pyrrole nitrogens is 1. The minimum Gasteiger partial charge on any atom is -0.351 e. The van der Waals surface area contributed by atoms with Crippen LogP contribution in [-0.4, -0.2) is 60.0 Å². The van der Waals surface area contributed by atoms with Crippen molar-refractivity contribution in [3.8, 4) is 6.07 Å². The van der Waals surface area contributed by atoms with Crippen LogP contribution in [0.2, 0.25) is 0 Å². The quantitative estimate of drug-likeness (QED) is 0.669. The van der Waals surface area contributed by atoms with Crippen LogP contribution in [-0.2, 0) is 6.54 Å². The van der Waals surface area contributed by atoms with Crippen LogP contribution in [0.15, 0.2) is 48.5 Å². The maximum absolute atomic E-state index is 13.1. The summed E-state index contributed by atoms with van der Waals surface area (Å²) >= 11 is 0. The van der Waals surface area contributed by atoms with Crippen molar-refractivity contribution >= 4 is 16.8 Å². The molecule has 2 saturated heterocycles. The fourth-order valence-corrected chi connectivity index (χ4v) is 4.89. The molecule has 6 nitrogen and oxygen atoms in total. The normalized spacial score (nSPS) is 18.0. The molecule has 2 aliphatic rings. The third-order valence-corrected chi connectivity index (χ3v) is 6.84. The number of piperazine rings is 1. The minimum atomic E-state index is 0.0858. The van der Waals surface area contributed by atoms with Gasteiger partial charge in [-0.25, -0.2) is 0 Å². The van der Waals surface area contributed by atoms with Crippen molar-refractivity contribution in [1.29, 1.82) is 5.26 Å². The number of hydrogen-bond donors (Lipinski definition) is 2. The maximum Gasteiger partial charge on any atom is 0.270 e. The van der Waals surface area contributed by atoms with Crippen molar-refractivity contribution < 1.29 is 4.79 Å². The van der Waals surface area contributed by atoms with E-state index in [2.05, 4.69) is 39.5 Å². The van der Waals surface area contributed by atoms with Gasteiger partial charge in [-0.3, -0.25) is 9.69 Å². The molecule has 0 bridgehead atoms. The van der Waals surface area contributed by atoms with Gasteiger partial charge in [0.1, 0.15) is 5.69 Å². The van der Waals surface area contributed by atoms with Crippen LogP contribution in [0.5, 0.6) is 0 Å². The second-order valence-corrected chi connectivity index (χ2v) is 8.93. The monoisotopic (exact) mass is 427 g/mol. The molecular formula is C26H29N5O. The molecule has 32 heavy (non-hydrogen) atoms. The molecule has 1 aromatic heterocycles. The third kappa shape index (κ3) is 4.40. The Morgan fingerprint density at radius 2 is 1.75 bits per heavy atom. The van der Waals surface area contributed by atoms with E-state index in [1.165, 1.54) is 24.0 Å². The first kappa shape index (κ1) is 20.7. The minimum absolute atomic E-state index is 0.0858. The number of aromatic nitrogens is 1. The third-order valence-electron chi connectivity index (χ3n) is 6.84. The number of piperidine rings is 1. The van der Waals surface area contributed by atoms with E-state index in [4.69, 9.17) is 5.26 Å². The zero-order valence-electron chi connectivity index (χ0n) is 18.3. The van der Waals surface area contributed by atoms with E-state index >= 15 is 0 Å². The summed E-state index contributed by atoms with van der Waals surface area (Å²) in [5.74, 6) is 0.690. The summed E-state index contributed by atoms with van der Waals surface area (Å²) in [6.07, 6.45) is 2.34. The lowest BCUT2D eigenvalue weighted by Crippen LogP contribution is -2.48. The van der Waals surface area contributed by atoms with Crippen LogP contribution in [0.4, 0.5) is 0 Å². The van der Waals surface area contributed by atoms with Crippen molar-refractivity contribution in [3.05, 3.63) is 70.9 Å². The van der Waals surface area contributed by atoms with Gasteiger partial charge in [0.05, 0.1) is 11.6 Å². The highest BCUT2D eigenvalue weighted by molar-refractivity contribution is 5.98. The molecule has 3 aromatic rings. The number of fused-ring (bicyclic) bond motifs is 1. The van der Waals surface area contributed by atoms with Crippen LogP contribution in [0.3, 0.4) is 0 Å². The van der Waals surface area contributed by atoms with Gasteiger partial charge in [0.2, 0.25) is 0 Å². The van der Waals surface area contributed by atoms with Gasteiger partial charge < -0.3 is 15.2 Å². The van der Waals surface area contributed by atoms with Gasteiger partial charge in [0.15, 0.2) is 0 Å². The average molecular weight is 428 g/mol. The number of amides is 1. The number of nitrogens with one attached hydrogen (secondary N) is 2. The van der Waals surface area contributed by atoms with E-state index in [1.54, 1.807) is 0 Å². The van der Waals surface area contributed by atoms with Gasteiger partial charge in [0, 0.05) is 43.6 Å². The van der Waals surface area contributed by atoms with Crippen LogP contribution < -0.4 is 5.32 Å². The molecular weight excluding hydrogens is 398 g/mol. The lowest BCUT2D eigenvalue weighted by Gasteiger charge is -2.34. The smallest absolute Gasteiger partial charge is 0.270 e. The molecule has 0 saturated carbocycles. The molecule has 0 radical (unpaired) electrons. The Morgan fingerprint density at radius 1 is 1.00 bits per heavy atom. The highest BCUT2D eigenvalue weighted by Gasteiger charge is 2.24. The number of aromatic amines is 1. The number of benzene rings is 2. The largest absolute Gasteiger partial charge is 0.351 e. The zero-order chi connectivity index (χ0) is 21.9. The Labute approximate surface area is 188 Å². The Hall–Kier alpha value is -3.14. The second-order valence-electron chi connectivity index (χ2n) is 8.93. The number of hydrogen-bond acceptors (Lipinski definition) is 4. The summed E-state index contributed by atoms with van der Waals surface area (Å²) in [5, 5.41) is 13.5. The first-order valence-corrected chi connectivity index (χ1v) is 11.5. The molecule has 5 rings (SSSR count). The number of carbonyl (C=O) groups excluding carboxylic acids is 1. The van der Waals surface area contributed by atoms with Crippen LogP contribution >= 0.6 is 0 Å². The number of nitrogens with zero attached hydrogens (tertiary/aromatic N) is 3. The summed E-state index contributed by atoms with van der Waals surface area (Å²) in [6, 6.07) is 18.5. The number of nitriles is 1. The van der Waals surface area contributed by atoms with E-state index in [0.29, 0.717) is 17.2 Å². The summed E-state index contributed by atoms with van der Waals surface area (Å²) in [4.78, 5) is 20.8. The van der Waals surface area contributed by atoms with Gasteiger partial charge in [-0.1, -0.05) is 24.3 Å². The SMILES string of the molecule is N#Cc1ccc(CN2CCN(C(=O)c3cc4ccc(C5CCNCC5)cc4[nH]3)CC2)cc1. The molecule has 3 heterocycles. The molecule has 0 aliphatic carbocycles. The summed E-state index contributed by atoms with van der Waals surface area (Å²) in [6.45, 7) is 6.16. The van der Waals surface area contributed by atoms with Crippen molar-refractivity contribution in [3.63, 3.8) is 0 Å². The Balaban J connectivity index is 1.21. The fraction of sp³-hybridized carbons (Fsp3) is 0.385. The van der Waals surface area contributed by atoms with Gasteiger partial charge in [-0.2, -0.15) is 5.26 Å². The molecule has 0 atom stereocenters. The Bertz CT molecular complexity index is 1130. The van der Waals surface area contributed by atoms with Crippen molar-refractivity contribution in [1.82, 2.24) is 20.1 Å². The van der Waals surface area contributed by atoms with E-state index in [1.807, 2.05) is 35.2 Å². The molecule has 1 amide bonds. The average Bonchev–Trinajstić information content (AvgIpc) is 3.29. The highest BCUT2D eigenvalue weighted by Crippen LogP contribution is 2.28. The molecule has 0 spiro atoms.